The quantitative estimate of drug-likeness (QED) is 0.517. The molecule has 2 N–H and O–H groups in total. The molecule has 0 saturated heterocycles. The number of hydrogen-bond donors (Lipinski definition) is 2. The summed E-state index contributed by atoms with van der Waals surface area (Å²) in [5.41, 5.74) is 1.96. The average Bonchev–Trinajstić information content (AvgIpc) is 2.60. The van der Waals surface area contributed by atoms with Gasteiger partial charge < -0.3 is 15.2 Å². The van der Waals surface area contributed by atoms with E-state index in [1.165, 1.54) is 0 Å². The summed E-state index contributed by atoms with van der Waals surface area (Å²) in [7, 11) is 0. The molecule has 0 aliphatic heterocycles. The highest BCUT2D eigenvalue weighted by Gasteiger charge is 2.06. The molecule has 136 valence electrons. The largest absolute Gasteiger partial charge is 0.489 e. The van der Waals surface area contributed by atoms with Gasteiger partial charge in [0.25, 0.3) is 0 Å². The molecule has 0 saturated carbocycles. The van der Waals surface area contributed by atoms with Gasteiger partial charge in [-0.2, -0.15) is 0 Å². The predicted molar refractivity (Wildman–Crippen MR) is 105 cm³/mol. The highest BCUT2D eigenvalue weighted by atomic mass is 35.5. The van der Waals surface area contributed by atoms with Crippen molar-refractivity contribution >= 4 is 34.8 Å². The minimum Gasteiger partial charge on any atom is -0.489 e. The topological polar surface area (TPSA) is 41.5 Å². The first kappa shape index (κ1) is 20.3. The van der Waals surface area contributed by atoms with E-state index in [1.54, 1.807) is 12.1 Å². The Morgan fingerprint density at radius 3 is 2.52 bits per heavy atom. The van der Waals surface area contributed by atoms with E-state index >= 15 is 0 Å². The molecule has 2 aromatic rings. The molecule has 0 aliphatic carbocycles. The van der Waals surface area contributed by atoms with Crippen LogP contribution in [0.4, 0.5) is 0 Å². The van der Waals surface area contributed by atoms with E-state index in [4.69, 9.17) is 44.6 Å². The fourth-order valence-electron chi connectivity index (χ4n) is 2.38. The van der Waals surface area contributed by atoms with Crippen LogP contribution in [-0.4, -0.2) is 18.3 Å². The zero-order chi connectivity index (χ0) is 18.1. The SMILES string of the molecule is OCCCCCNCc1cc(Cl)ccc1OCc1ccc(Cl)c(Cl)c1. The lowest BCUT2D eigenvalue weighted by Crippen LogP contribution is -2.15. The Kier molecular flexibility index (Phi) is 8.87. The molecule has 0 aliphatic rings. The van der Waals surface area contributed by atoms with Crippen LogP contribution in [0.15, 0.2) is 36.4 Å². The van der Waals surface area contributed by atoms with Crippen molar-refractivity contribution in [1.29, 1.82) is 0 Å². The lowest BCUT2D eigenvalue weighted by molar-refractivity contribution is 0.282. The van der Waals surface area contributed by atoms with Crippen molar-refractivity contribution < 1.29 is 9.84 Å². The summed E-state index contributed by atoms with van der Waals surface area (Å²) in [5, 5.41) is 13.9. The van der Waals surface area contributed by atoms with Gasteiger partial charge in [-0.25, -0.2) is 0 Å². The van der Waals surface area contributed by atoms with Crippen LogP contribution in [0.25, 0.3) is 0 Å². The predicted octanol–water partition coefficient (Wildman–Crippen LogP) is 5.48. The average molecular weight is 403 g/mol. The molecule has 0 heterocycles. The molecule has 0 radical (unpaired) electrons. The Balaban J connectivity index is 1.92. The summed E-state index contributed by atoms with van der Waals surface area (Å²) in [4.78, 5) is 0. The third kappa shape index (κ3) is 7.04. The van der Waals surface area contributed by atoms with Gasteiger partial charge >= 0.3 is 0 Å². The molecule has 2 aromatic carbocycles. The van der Waals surface area contributed by atoms with Gasteiger partial charge in [-0.15, -0.1) is 0 Å². The highest BCUT2D eigenvalue weighted by molar-refractivity contribution is 6.42. The third-order valence-corrected chi connectivity index (χ3v) is 4.70. The van der Waals surface area contributed by atoms with Gasteiger partial charge in [0, 0.05) is 23.7 Å². The zero-order valence-corrected chi connectivity index (χ0v) is 16.2. The van der Waals surface area contributed by atoms with E-state index in [9.17, 15) is 0 Å². The number of ether oxygens (including phenoxy) is 1. The molecule has 6 heteroatoms. The van der Waals surface area contributed by atoms with Gasteiger partial charge in [-0.05, 0) is 61.7 Å². The van der Waals surface area contributed by atoms with Gasteiger partial charge in [0.15, 0.2) is 0 Å². The second-order valence-electron chi connectivity index (χ2n) is 5.75. The Morgan fingerprint density at radius 2 is 1.76 bits per heavy atom. The Morgan fingerprint density at radius 1 is 0.920 bits per heavy atom. The normalized spacial score (nSPS) is 10.9. The molecular weight excluding hydrogens is 381 g/mol. The molecule has 0 unspecified atom stereocenters. The molecular formula is C19H22Cl3NO2. The standard InChI is InChI=1S/C19H22Cl3NO2/c20-16-5-7-19(15(11-16)12-23-8-2-1-3-9-24)25-13-14-4-6-17(21)18(22)10-14/h4-7,10-11,23-24H,1-3,8-9,12-13H2. The van der Waals surface area contributed by atoms with E-state index in [-0.39, 0.29) is 6.61 Å². The molecule has 0 fully saturated rings. The first-order valence-corrected chi connectivity index (χ1v) is 9.40. The lowest BCUT2D eigenvalue weighted by atomic mass is 10.2. The minimum atomic E-state index is 0.251. The summed E-state index contributed by atoms with van der Waals surface area (Å²) in [6.07, 6.45) is 2.89. The second-order valence-corrected chi connectivity index (χ2v) is 7.00. The second kappa shape index (κ2) is 10.9. The number of hydrogen-bond acceptors (Lipinski definition) is 3. The van der Waals surface area contributed by atoms with Crippen LogP contribution in [-0.2, 0) is 13.2 Å². The fraction of sp³-hybridized carbons (Fsp3) is 0.368. The summed E-state index contributed by atoms with van der Waals surface area (Å²) < 4.78 is 5.94. The first-order valence-electron chi connectivity index (χ1n) is 8.27. The molecule has 0 bridgehead atoms. The van der Waals surface area contributed by atoms with E-state index in [2.05, 4.69) is 5.32 Å². The molecule has 0 amide bonds. The van der Waals surface area contributed by atoms with Gasteiger partial charge in [0.1, 0.15) is 12.4 Å². The van der Waals surface area contributed by atoms with Crippen molar-refractivity contribution in [3.63, 3.8) is 0 Å². The number of rotatable bonds is 10. The van der Waals surface area contributed by atoms with Crippen LogP contribution in [0, 0.1) is 0 Å². The van der Waals surface area contributed by atoms with Gasteiger partial charge in [-0.3, -0.25) is 0 Å². The third-order valence-electron chi connectivity index (χ3n) is 3.73. The van der Waals surface area contributed by atoms with E-state index < -0.39 is 0 Å². The number of aliphatic hydroxyl groups is 1. The van der Waals surface area contributed by atoms with Crippen molar-refractivity contribution in [2.24, 2.45) is 0 Å². The van der Waals surface area contributed by atoms with Crippen LogP contribution < -0.4 is 10.1 Å². The van der Waals surface area contributed by atoms with E-state index in [1.807, 2.05) is 24.3 Å². The lowest BCUT2D eigenvalue weighted by Gasteiger charge is -2.13. The number of aliphatic hydroxyl groups excluding tert-OH is 1. The van der Waals surface area contributed by atoms with Crippen molar-refractivity contribution in [3.8, 4) is 5.75 Å². The molecule has 0 spiro atoms. The monoisotopic (exact) mass is 401 g/mol. The molecule has 3 nitrogen and oxygen atoms in total. The number of unbranched alkanes of at least 4 members (excludes halogenated alkanes) is 2. The maximum atomic E-state index is 8.79. The Bertz CT molecular complexity index is 680. The summed E-state index contributed by atoms with van der Waals surface area (Å²) in [5.74, 6) is 0.790. The van der Waals surface area contributed by atoms with Crippen LogP contribution in [0.3, 0.4) is 0 Å². The maximum absolute atomic E-state index is 8.79. The molecule has 2 rings (SSSR count). The van der Waals surface area contributed by atoms with Gasteiger partial charge in [0.05, 0.1) is 10.0 Å². The minimum absolute atomic E-state index is 0.251. The molecule has 0 aromatic heterocycles. The van der Waals surface area contributed by atoms with E-state index in [0.29, 0.717) is 28.2 Å². The maximum Gasteiger partial charge on any atom is 0.124 e. The summed E-state index contributed by atoms with van der Waals surface area (Å²) in [6.45, 7) is 2.22. The van der Waals surface area contributed by atoms with Gasteiger partial charge in [-0.1, -0.05) is 40.9 Å². The highest BCUT2D eigenvalue weighted by Crippen LogP contribution is 2.26. The zero-order valence-electron chi connectivity index (χ0n) is 13.9. The first-order chi connectivity index (χ1) is 12.1. The number of nitrogens with one attached hydrogen (secondary N) is 1. The summed E-state index contributed by atoms with van der Waals surface area (Å²) >= 11 is 18.1. The number of benzene rings is 2. The van der Waals surface area contributed by atoms with Crippen LogP contribution in [0.5, 0.6) is 5.75 Å². The van der Waals surface area contributed by atoms with Gasteiger partial charge in [0.2, 0.25) is 0 Å². The Hall–Kier alpha value is -0.970. The number of halogens is 3. The van der Waals surface area contributed by atoms with Crippen molar-refractivity contribution in [2.75, 3.05) is 13.2 Å². The fourth-order valence-corrected chi connectivity index (χ4v) is 2.89. The van der Waals surface area contributed by atoms with Crippen molar-refractivity contribution in [2.45, 2.75) is 32.4 Å². The van der Waals surface area contributed by atoms with Crippen molar-refractivity contribution in [3.05, 3.63) is 62.6 Å². The smallest absolute Gasteiger partial charge is 0.124 e. The van der Waals surface area contributed by atoms with Crippen LogP contribution in [0.1, 0.15) is 30.4 Å². The van der Waals surface area contributed by atoms with Crippen LogP contribution in [0.2, 0.25) is 15.1 Å². The Labute approximate surface area is 163 Å². The molecule has 0 atom stereocenters. The van der Waals surface area contributed by atoms with E-state index in [0.717, 1.165) is 42.7 Å². The van der Waals surface area contributed by atoms with Crippen LogP contribution >= 0.6 is 34.8 Å². The molecule has 25 heavy (non-hydrogen) atoms. The summed E-state index contributed by atoms with van der Waals surface area (Å²) in [6, 6.07) is 11.1. The van der Waals surface area contributed by atoms with Crippen molar-refractivity contribution in [1.82, 2.24) is 5.32 Å².